The third-order valence-corrected chi connectivity index (χ3v) is 3.91. The number of nitrogens with zero attached hydrogens (tertiary/aromatic N) is 1. The molecule has 1 aromatic heterocycles. The number of pyridine rings is 1. The first-order valence-electron chi connectivity index (χ1n) is 6.31. The molecule has 1 atom stereocenters. The molecule has 136 valence electrons. The molecule has 0 radical (unpaired) electrons. The first kappa shape index (κ1) is 19.0. The first-order chi connectivity index (χ1) is 11.3. The number of halogens is 5. The Balaban J connectivity index is 2.39. The molecule has 0 fully saturated rings. The number of carbonyl (C=O) groups excluding carboxylic acids is 1. The van der Waals surface area contributed by atoms with E-state index < -0.39 is 39.3 Å². The highest BCUT2D eigenvalue weighted by molar-refractivity contribution is 7.86. The zero-order valence-electron chi connectivity index (χ0n) is 11.9. The molecule has 2 rings (SSSR count). The Bertz CT molecular complexity index is 912. The minimum Gasteiger partial charge on any atom is -0.440 e. The molecule has 0 spiro atoms. The zero-order chi connectivity index (χ0) is 19.0. The van der Waals surface area contributed by atoms with Crippen molar-refractivity contribution in [1.29, 1.82) is 0 Å². The molecule has 1 N–H and O–H groups in total. The lowest BCUT2D eigenvalue weighted by atomic mass is 10.1. The van der Waals surface area contributed by atoms with E-state index in [1.54, 1.807) is 18.2 Å². The van der Waals surface area contributed by atoms with Gasteiger partial charge in [0.2, 0.25) is 0 Å². The van der Waals surface area contributed by atoms with E-state index in [9.17, 15) is 35.2 Å². The lowest BCUT2D eigenvalue weighted by Gasteiger charge is -2.25. The van der Waals surface area contributed by atoms with E-state index in [2.05, 4.69) is 9.72 Å². The lowest BCUT2D eigenvalue weighted by molar-refractivity contribution is -0.248. The van der Waals surface area contributed by atoms with Crippen molar-refractivity contribution in [2.24, 2.45) is 0 Å². The predicted octanol–water partition coefficient (Wildman–Crippen LogP) is 2.80. The Labute approximate surface area is 137 Å². The maximum atomic E-state index is 13.4. The minimum atomic E-state index is -6.50. The number of carbonyl (C=O) groups is 1. The number of rotatable bonds is 4. The van der Waals surface area contributed by atoms with Crippen LogP contribution in [0.1, 0.15) is 10.5 Å². The van der Waals surface area contributed by atoms with Crippen molar-refractivity contribution < 1.29 is 44.5 Å². The van der Waals surface area contributed by atoms with Crippen LogP contribution in [0.25, 0.3) is 10.8 Å². The molecule has 1 heterocycles. The highest BCUT2D eigenvalue weighted by atomic mass is 32.2. The third-order valence-electron chi connectivity index (χ3n) is 3.01. The highest BCUT2D eigenvalue weighted by Gasteiger charge is 2.66. The number of hydrogen-bond donors (Lipinski definition) is 1. The Kier molecular flexibility index (Phi) is 4.70. The van der Waals surface area contributed by atoms with E-state index >= 15 is 0 Å². The monoisotopic (exact) mass is 385 g/mol. The molecule has 6 nitrogen and oxygen atoms in total. The SMILES string of the molecule is O=C(OC(C(F)(F)F)C(F)(F)S(=O)(=O)O)c1cc2ccccc2cn1. The minimum absolute atomic E-state index is 0.356. The van der Waals surface area contributed by atoms with Crippen LogP contribution in [0.4, 0.5) is 22.0 Å². The molecule has 2 aromatic rings. The van der Waals surface area contributed by atoms with Crippen LogP contribution in [0.3, 0.4) is 0 Å². The number of benzene rings is 1. The second-order valence-electron chi connectivity index (χ2n) is 4.78. The molecule has 0 amide bonds. The van der Waals surface area contributed by atoms with Gasteiger partial charge in [-0.1, -0.05) is 24.3 Å². The molecule has 0 saturated carbocycles. The van der Waals surface area contributed by atoms with E-state index in [0.717, 1.165) is 12.3 Å². The fraction of sp³-hybridized carbons (Fsp3) is 0.231. The number of esters is 1. The summed E-state index contributed by atoms with van der Waals surface area (Å²) in [5.41, 5.74) is -0.751. The molecular formula is C13H8F5NO5S. The molecular weight excluding hydrogens is 377 g/mol. The summed E-state index contributed by atoms with van der Waals surface area (Å²) in [6.45, 7) is 0. The van der Waals surface area contributed by atoms with Crippen LogP contribution in [-0.4, -0.2) is 41.5 Å². The summed E-state index contributed by atoms with van der Waals surface area (Å²) in [7, 11) is -6.50. The molecule has 1 aromatic carbocycles. The van der Waals surface area contributed by atoms with Gasteiger partial charge in [0.05, 0.1) is 0 Å². The van der Waals surface area contributed by atoms with Gasteiger partial charge in [-0.3, -0.25) is 4.55 Å². The van der Waals surface area contributed by atoms with Gasteiger partial charge >= 0.3 is 27.5 Å². The van der Waals surface area contributed by atoms with Crippen LogP contribution in [0.5, 0.6) is 0 Å². The third kappa shape index (κ3) is 3.85. The van der Waals surface area contributed by atoms with Gasteiger partial charge in [-0.15, -0.1) is 0 Å². The van der Waals surface area contributed by atoms with Gasteiger partial charge in [0, 0.05) is 11.6 Å². The van der Waals surface area contributed by atoms with Crippen molar-refractivity contribution in [3.8, 4) is 0 Å². The Morgan fingerprint density at radius 3 is 2.20 bits per heavy atom. The topological polar surface area (TPSA) is 93.6 Å². The maximum absolute atomic E-state index is 13.4. The van der Waals surface area contributed by atoms with Crippen molar-refractivity contribution in [2.45, 2.75) is 17.5 Å². The maximum Gasteiger partial charge on any atom is 0.432 e. The highest BCUT2D eigenvalue weighted by Crippen LogP contribution is 2.38. The average Bonchev–Trinajstić information content (AvgIpc) is 2.49. The van der Waals surface area contributed by atoms with Crippen LogP contribution < -0.4 is 0 Å². The summed E-state index contributed by atoms with van der Waals surface area (Å²) < 4.78 is 97.9. The van der Waals surface area contributed by atoms with Crippen LogP contribution in [0.15, 0.2) is 36.5 Å². The fourth-order valence-corrected chi connectivity index (χ4v) is 2.28. The molecule has 0 aliphatic carbocycles. The summed E-state index contributed by atoms with van der Waals surface area (Å²) in [6.07, 6.45) is -9.28. The summed E-state index contributed by atoms with van der Waals surface area (Å²) in [6, 6.07) is 7.19. The van der Waals surface area contributed by atoms with Gasteiger partial charge in [0.25, 0.3) is 6.10 Å². The van der Waals surface area contributed by atoms with Gasteiger partial charge in [0.1, 0.15) is 5.69 Å². The average molecular weight is 385 g/mol. The zero-order valence-corrected chi connectivity index (χ0v) is 12.7. The van der Waals surface area contributed by atoms with Crippen LogP contribution in [0, 0.1) is 0 Å². The first-order valence-corrected chi connectivity index (χ1v) is 7.75. The summed E-state index contributed by atoms with van der Waals surface area (Å²) in [5, 5.41) is -4.93. The number of fused-ring (bicyclic) bond motifs is 1. The van der Waals surface area contributed by atoms with E-state index in [0.29, 0.717) is 10.8 Å². The molecule has 1 unspecified atom stereocenters. The number of aromatic nitrogens is 1. The van der Waals surface area contributed by atoms with Crippen LogP contribution in [-0.2, 0) is 14.9 Å². The normalized spacial score (nSPS) is 14.3. The lowest BCUT2D eigenvalue weighted by Crippen LogP contribution is -2.52. The molecule has 0 aliphatic rings. The van der Waals surface area contributed by atoms with Crippen molar-refractivity contribution in [1.82, 2.24) is 4.98 Å². The van der Waals surface area contributed by atoms with Crippen molar-refractivity contribution in [3.63, 3.8) is 0 Å². The summed E-state index contributed by atoms with van der Waals surface area (Å²) in [5.74, 6) is -1.93. The largest absolute Gasteiger partial charge is 0.440 e. The molecule has 25 heavy (non-hydrogen) atoms. The van der Waals surface area contributed by atoms with Gasteiger partial charge in [-0.2, -0.15) is 30.4 Å². The quantitative estimate of drug-likeness (QED) is 0.494. The molecule has 12 heteroatoms. The van der Waals surface area contributed by atoms with Crippen LogP contribution in [0.2, 0.25) is 0 Å². The Morgan fingerprint density at radius 1 is 1.12 bits per heavy atom. The van der Waals surface area contributed by atoms with Gasteiger partial charge in [0.15, 0.2) is 0 Å². The second kappa shape index (κ2) is 6.19. The van der Waals surface area contributed by atoms with Gasteiger partial charge in [-0.25, -0.2) is 9.78 Å². The summed E-state index contributed by atoms with van der Waals surface area (Å²) in [4.78, 5) is 15.2. The van der Waals surface area contributed by atoms with Crippen molar-refractivity contribution >= 4 is 26.9 Å². The van der Waals surface area contributed by atoms with E-state index in [-0.39, 0.29) is 0 Å². The number of hydrogen-bond acceptors (Lipinski definition) is 5. The van der Waals surface area contributed by atoms with E-state index in [1.807, 2.05) is 0 Å². The van der Waals surface area contributed by atoms with Crippen LogP contribution >= 0.6 is 0 Å². The smallest absolute Gasteiger partial charge is 0.432 e. The molecule has 0 aliphatic heterocycles. The Hall–Kier alpha value is -2.34. The van der Waals surface area contributed by atoms with E-state index in [4.69, 9.17) is 4.55 Å². The molecule has 0 bridgehead atoms. The molecule has 0 saturated heterocycles. The second-order valence-corrected chi connectivity index (χ2v) is 6.27. The van der Waals surface area contributed by atoms with Gasteiger partial charge < -0.3 is 4.74 Å². The standard InChI is InChI=1S/C13H8F5NO5S/c14-12(15,16)11(13(17,18)25(21,22)23)24-10(20)9-5-7-3-1-2-4-8(7)6-19-9/h1-6,11H,(H,21,22,23). The van der Waals surface area contributed by atoms with Crippen molar-refractivity contribution in [2.75, 3.05) is 0 Å². The predicted molar refractivity (Wildman–Crippen MR) is 73.5 cm³/mol. The van der Waals surface area contributed by atoms with Crippen molar-refractivity contribution in [3.05, 3.63) is 42.2 Å². The number of ether oxygens (including phenoxy) is 1. The van der Waals surface area contributed by atoms with Gasteiger partial charge in [-0.05, 0) is 11.5 Å². The number of alkyl halides is 5. The Morgan fingerprint density at radius 2 is 1.68 bits per heavy atom. The fourth-order valence-electron chi connectivity index (χ4n) is 1.82. The van der Waals surface area contributed by atoms with E-state index in [1.165, 1.54) is 6.07 Å². The summed E-state index contributed by atoms with van der Waals surface area (Å²) >= 11 is 0.